The summed E-state index contributed by atoms with van der Waals surface area (Å²) in [7, 11) is -4.12. The number of ether oxygens (including phenoxy) is 3. The fourth-order valence-corrected chi connectivity index (χ4v) is 6.04. The molecule has 2 unspecified atom stereocenters. The summed E-state index contributed by atoms with van der Waals surface area (Å²) in [4.78, 5) is 12.7. The molecule has 1 saturated heterocycles. The van der Waals surface area contributed by atoms with Crippen molar-refractivity contribution in [2.45, 2.75) is 57.3 Å². The molecule has 5 fully saturated rings. The molecular formula is C17H26O7S. The van der Waals surface area contributed by atoms with Gasteiger partial charge >= 0.3 is 5.97 Å². The summed E-state index contributed by atoms with van der Waals surface area (Å²) in [5.74, 6) is -0.645. The predicted octanol–water partition coefficient (Wildman–Crippen LogP) is 1.77. The highest BCUT2D eigenvalue weighted by molar-refractivity contribution is 7.85. The Bertz CT molecular complexity index is 667. The van der Waals surface area contributed by atoms with Crippen LogP contribution in [-0.4, -0.2) is 49.3 Å². The van der Waals surface area contributed by atoms with Crippen LogP contribution in [-0.2, 0) is 29.1 Å². The van der Waals surface area contributed by atoms with Crippen LogP contribution in [0, 0.1) is 23.2 Å². The average Bonchev–Trinajstić information content (AvgIpc) is 2.80. The molecule has 4 saturated carbocycles. The maximum Gasteiger partial charge on any atom is 0.312 e. The smallest absolute Gasteiger partial charge is 0.312 e. The van der Waals surface area contributed by atoms with Crippen molar-refractivity contribution in [3.63, 3.8) is 0 Å². The molecule has 7 nitrogen and oxygen atoms in total. The lowest BCUT2D eigenvalue weighted by atomic mass is 9.47. The van der Waals surface area contributed by atoms with Crippen molar-refractivity contribution in [3.8, 4) is 0 Å². The van der Waals surface area contributed by atoms with E-state index in [2.05, 4.69) is 0 Å². The number of esters is 1. The third kappa shape index (κ3) is 2.91. The Kier molecular flexibility index (Phi) is 3.83. The van der Waals surface area contributed by atoms with E-state index in [-0.39, 0.29) is 30.0 Å². The molecule has 0 aromatic heterocycles. The summed E-state index contributed by atoms with van der Waals surface area (Å²) in [5.41, 5.74) is -0.862. The first-order valence-electron chi connectivity index (χ1n) is 9.00. The molecule has 1 aliphatic heterocycles. The van der Waals surface area contributed by atoms with Gasteiger partial charge in [-0.05, 0) is 51.9 Å². The monoisotopic (exact) mass is 374 g/mol. The highest BCUT2D eigenvalue weighted by Gasteiger charge is 2.69. The van der Waals surface area contributed by atoms with E-state index in [4.69, 9.17) is 18.8 Å². The van der Waals surface area contributed by atoms with Gasteiger partial charge in [0.05, 0.1) is 17.6 Å². The minimum absolute atomic E-state index is 0.176. The average molecular weight is 374 g/mol. The lowest BCUT2D eigenvalue weighted by Crippen LogP contribution is -2.64. The second-order valence-corrected chi connectivity index (χ2v) is 10.5. The van der Waals surface area contributed by atoms with Gasteiger partial charge < -0.3 is 14.2 Å². The molecule has 0 amide bonds. The van der Waals surface area contributed by atoms with Crippen molar-refractivity contribution in [1.82, 2.24) is 0 Å². The first-order chi connectivity index (χ1) is 11.5. The molecule has 1 N–H and O–H groups in total. The molecule has 5 rings (SSSR count). The third-order valence-corrected chi connectivity index (χ3v) is 7.10. The first-order valence-corrected chi connectivity index (χ1v) is 10.6. The highest BCUT2D eigenvalue weighted by Crippen LogP contribution is 2.66. The zero-order chi connectivity index (χ0) is 18.1. The maximum absolute atomic E-state index is 12.7. The number of carbonyl (C=O) groups excluding carboxylic acids is 1. The normalized spacial score (nSPS) is 44.4. The Balaban J connectivity index is 1.50. The molecule has 1 heterocycles. The Morgan fingerprint density at radius 1 is 1.20 bits per heavy atom. The second kappa shape index (κ2) is 5.41. The number of hydrogen-bond donors (Lipinski definition) is 1. The number of rotatable bonds is 4. The first kappa shape index (κ1) is 17.7. The van der Waals surface area contributed by atoms with Crippen molar-refractivity contribution in [2.75, 3.05) is 19.0 Å². The van der Waals surface area contributed by atoms with Gasteiger partial charge in [0, 0.05) is 11.8 Å². The summed E-state index contributed by atoms with van der Waals surface area (Å²) in [6, 6.07) is 0. The molecule has 142 valence electrons. The van der Waals surface area contributed by atoms with Crippen molar-refractivity contribution in [1.29, 1.82) is 0 Å². The third-order valence-electron chi connectivity index (χ3n) is 6.42. The Labute approximate surface area is 148 Å². The van der Waals surface area contributed by atoms with Gasteiger partial charge in [-0.15, -0.1) is 0 Å². The van der Waals surface area contributed by atoms with E-state index in [1.54, 1.807) is 0 Å². The molecular weight excluding hydrogens is 348 g/mol. The minimum atomic E-state index is -4.12. The molecule has 1 spiro atoms. The fourth-order valence-electron chi connectivity index (χ4n) is 5.75. The Morgan fingerprint density at radius 3 is 2.36 bits per heavy atom. The quantitative estimate of drug-likeness (QED) is 0.591. The fraction of sp³-hybridized carbons (Fsp3) is 0.941. The van der Waals surface area contributed by atoms with E-state index in [0.29, 0.717) is 25.4 Å². The SMILES string of the molecule is CC1(C)COC2(O1)C1CC3CC2CC(C(=O)OCCS(=O)(=O)O)(C3)C1. The van der Waals surface area contributed by atoms with Gasteiger partial charge in [-0.1, -0.05) is 0 Å². The molecule has 4 bridgehead atoms. The molecule has 25 heavy (non-hydrogen) atoms. The molecule has 0 aromatic rings. The van der Waals surface area contributed by atoms with Crippen molar-refractivity contribution in [2.24, 2.45) is 23.2 Å². The van der Waals surface area contributed by atoms with Crippen molar-refractivity contribution >= 4 is 16.1 Å². The zero-order valence-electron chi connectivity index (χ0n) is 14.7. The van der Waals surface area contributed by atoms with Crippen LogP contribution in [0.5, 0.6) is 0 Å². The van der Waals surface area contributed by atoms with Gasteiger partial charge in [0.25, 0.3) is 10.1 Å². The lowest BCUT2D eigenvalue weighted by molar-refractivity contribution is -0.313. The van der Waals surface area contributed by atoms with Gasteiger partial charge in [-0.2, -0.15) is 8.42 Å². The summed E-state index contributed by atoms with van der Waals surface area (Å²) in [6.45, 7) is 4.33. The zero-order valence-corrected chi connectivity index (χ0v) is 15.5. The lowest BCUT2D eigenvalue weighted by Gasteiger charge is -2.61. The maximum atomic E-state index is 12.7. The predicted molar refractivity (Wildman–Crippen MR) is 87.2 cm³/mol. The molecule has 2 atom stereocenters. The highest BCUT2D eigenvalue weighted by atomic mass is 32.2. The van der Waals surface area contributed by atoms with Crippen molar-refractivity contribution in [3.05, 3.63) is 0 Å². The topological polar surface area (TPSA) is 99.1 Å². The summed E-state index contributed by atoms with van der Waals surface area (Å²) in [6.07, 6.45) is 4.14. The van der Waals surface area contributed by atoms with E-state index in [9.17, 15) is 13.2 Å². The standard InChI is InChI=1S/C17H26O7S/c1-15(2)10-23-17(24-15)12-5-11-6-13(17)9-16(7-11,8-12)14(18)22-3-4-25(19,20)21/h11-13H,3-10H2,1-2H3,(H,19,20,21). The van der Waals surface area contributed by atoms with E-state index in [0.717, 1.165) is 19.3 Å². The van der Waals surface area contributed by atoms with E-state index < -0.39 is 27.1 Å². The van der Waals surface area contributed by atoms with Crippen LogP contribution >= 0.6 is 0 Å². The van der Waals surface area contributed by atoms with Crippen LogP contribution in [0.15, 0.2) is 0 Å². The number of hydrogen-bond acceptors (Lipinski definition) is 6. The van der Waals surface area contributed by atoms with Crippen LogP contribution in [0.4, 0.5) is 0 Å². The van der Waals surface area contributed by atoms with Gasteiger partial charge in [0.2, 0.25) is 0 Å². The largest absolute Gasteiger partial charge is 0.464 e. The summed E-state index contributed by atoms with van der Waals surface area (Å²) in [5, 5.41) is 0. The molecule has 4 aliphatic carbocycles. The Morgan fingerprint density at radius 2 is 1.84 bits per heavy atom. The summed E-state index contributed by atoms with van der Waals surface area (Å²) < 4.78 is 48.3. The van der Waals surface area contributed by atoms with Gasteiger partial charge in [0.1, 0.15) is 12.4 Å². The van der Waals surface area contributed by atoms with Crippen LogP contribution in [0.3, 0.4) is 0 Å². The van der Waals surface area contributed by atoms with Gasteiger partial charge in [-0.25, -0.2) is 0 Å². The minimum Gasteiger partial charge on any atom is -0.464 e. The second-order valence-electron chi connectivity index (χ2n) is 8.92. The molecule has 0 radical (unpaired) electrons. The molecule has 5 aliphatic rings. The van der Waals surface area contributed by atoms with Crippen LogP contribution < -0.4 is 0 Å². The van der Waals surface area contributed by atoms with E-state index in [1.165, 1.54) is 0 Å². The molecule has 0 aromatic carbocycles. The van der Waals surface area contributed by atoms with E-state index in [1.807, 2.05) is 13.8 Å². The summed E-state index contributed by atoms with van der Waals surface area (Å²) >= 11 is 0. The van der Waals surface area contributed by atoms with Crippen LogP contribution in [0.25, 0.3) is 0 Å². The van der Waals surface area contributed by atoms with Gasteiger partial charge in [-0.3, -0.25) is 9.35 Å². The van der Waals surface area contributed by atoms with Crippen LogP contribution in [0.1, 0.15) is 46.0 Å². The number of carbonyl (C=O) groups is 1. The van der Waals surface area contributed by atoms with Gasteiger partial charge in [0.15, 0.2) is 5.79 Å². The molecule has 8 heteroatoms. The van der Waals surface area contributed by atoms with Crippen molar-refractivity contribution < 1.29 is 32.0 Å². The van der Waals surface area contributed by atoms with Crippen LogP contribution in [0.2, 0.25) is 0 Å². The Hall–Kier alpha value is -0.700. The van der Waals surface area contributed by atoms with E-state index >= 15 is 0 Å².